The van der Waals surface area contributed by atoms with Gasteiger partial charge in [-0.05, 0) is 19.0 Å². The Morgan fingerprint density at radius 1 is 1.38 bits per heavy atom. The lowest BCUT2D eigenvalue weighted by atomic mass is 10.2. The molecule has 122 valence electrons. The number of nitrogens with one attached hydrogen (secondary N) is 2. The molecular formula is C14H27N3O3S. The van der Waals surface area contributed by atoms with Crippen molar-refractivity contribution in [3.8, 4) is 0 Å². The van der Waals surface area contributed by atoms with Crippen molar-refractivity contribution in [1.82, 2.24) is 14.6 Å². The molecule has 21 heavy (non-hydrogen) atoms. The molecule has 0 fully saturated rings. The maximum Gasteiger partial charge on any atom is 0.242 e. The first kappa shape index (κ1) is 18.2. The summed E-state index contributed by atoms with van der Waals surface area (Å²) in [5.74, 6) is 0. The van der Waals surface area contributed by atoms with Gasteiger partial charge in [0.15, 0.2) is 0 Å². The minimum atomic E-state index is -3.51. The van der Waals surface area contributed by atoms with Gasteiger partial charge in [-0.1, -0.05) is 20.3 Å². The van der Waals surface area contributed by atoms with Crippen LogP contribution >= 0.6 is 0 Å². The molecule has 6 nitrogen and oxygen atoms in total. The monoisotopic (exact) mass is 317 g/mol. The predicted molar refractivity (Wildman–Crippen MR) is 83.7 cm³/mol. The first-order chi connectivity index (χ1) is 9.94. The van der Waals surface area contributed by atoms with Gasteiger partial charge in [0.05, 0.1) is 11.5 Å². The number of rotatable bonds is 10. The van der Waals surface area contributed by atoms with Crippen molar-refractivity contribution in [3.05, 3.63) is 18.0 Å². The van der Waals surface area contributed by atoms with Gasteiger partial charge in [0.1, 0.15) is 0 Å². The van der Waals surface area contributed by atoms with Crippen LogP contribution in [0, 0.1) is 0 Å². The Morgan fingerprint density at radius 3 is 2.67 bits per heavy atom. The lowest BCUT2D eigenvalue weighted by molar-refractivity contribution is 0.171. The maximum absolute atomic E-state index is 12.4. The smallest absolute Gasteiger partial charge is 0.242 e. The Balaban J connectivity index is 2.86. The molecule has 0 radical (unpaired) electrons. The van der Waals surface area contributed by atoms with Crippen molar-refractivity contribution in [2.75, 3.05) is 20.3 Å². The number of nitrogens with zero attached hydrogens (tertiary/aromatic N) is 1. The van der Waals surface area contributed by atoms with Gasteiger partial charge >= 0.3 is 0 Å². The Hall–Kier alpha value is -0.890. The molecule has 0 aliphatic rings. The molecule has 0 bridgehead atoms. The first-order valence-electron chi connectivity index (χ1n) is 7.31. The largest absolute Gasteiger partial charge is 0.383 e. The highest BCUT2D eigenvalue weighted by molar-refractivity contribution is 7.89. The summed E-state index contributed by atoms with van der Waals surface area (Å²) in [7, 11) is -0.0803. The molecule has 2 N–H and O–H groups in total. The number of aromatic nitrogens is 1. The second-order valence-corrected chi connectivity index (χ2v) is 6.83. The molecule has 1 aromatic rings. The quantitative estimate of drug-likeness (QED) is 0.681. The van der Waals surface area contributed by atoms with Crippen LogP contribution in [-0.4, -0.2) is 39.3 Å². The zero-order valence-corrected chi connectivity index (χ0v) is 14.2. The zero-order valence-electron chi connectivity index (χ0n) is 13.3. The van der Waals surface area contributed by atoms with E-state index >= 15 is 0 Å². The zero-order chi connectivity index (χ0) is 15.9. The van der Waals surface area contributed by atoms with E-state index in [9.17, 15) is 8.42 Å². The van der Waals surface area contributed by atoms with E-state index < -0.39 is 10.0 Å². The highest BCUT2D eigenvalue weighted by atomic mass is 32.2. The average molecular weight is 317 g/mol. The third kappa shape index (κ3) is 5.43. The molecular weight excluding hydrogens is 290 g/mol. The van der Waals surface area contributed by atoms with Crippen LogP contribution in [0.2, 0.25) is 0 Å². The summed E-state index contributed by atoms with van der Waals surface area (Å²) < 4.78 is 34.5. The fourth-order valence-corrected chi connectivity index (χ4v) is 3.52. The molecule has 1 unspecified atom stereocenters. The van der Waals surface area contributed by atoms with Crippen LogP contribution in [0.15, 0.2) is 17.2 Å². The molecule has 1 rings (SSSR count). The van der Waals surface area contributed by atoms with E-state index in [1.807, 2.05) is 25.5 Å². The minimum absolute atomic E-state index is 0.192. The van der Waals surface area contributed by atoms with Crippen molar-refractivity contribution in [1.29, 1.82) is 0 Å². The van der Waals surface area contributed by atoms with E-state index in [2.05, 4.69) is 10.0 Å². The molecule has 1 heterocycles. The van der Waals surface area contributed by atoms with Crippen molar-refractivity contribution < 1.29 is 13.2 Å². The van der Waals surface area contributed by atoms with Crippen LogP contribution < -0.4 is 10.0 Å². The molecule has 0 aromatic carbocycles. The second kappa shape index (κ2) is 8.53. The maximum atomic E-state index is 12.4. The van der Waals surface area contributed by atoms with Crippen molar-refractivity contribution in [2.45, 2.75) is 44.2 Å². The molecule has 0 aliphatic heterocycles. The van der Waals surface area contributed by atoms with Gasteiger partial charge in [-0.2, -0.15) is 0 Å². The number of ether oxygens (including phenoxy) is 1. The fourth-order valence-electron chi connectivity index (χ4n) is 2.17. The number of hydrogen-bond donors (Lipinski definition) is 2. The standard InChI is InChI=1S/C14H27N3O3S/c1-5-7-12(11-20-4)16-21(18,19)14-8-13(9-15-6-2)17(3)10-14/h8,10,12,15-16H,5-7,9,11H2,1-4H3. The number of aryl methyl sites for hydroxylation is 1. The lowest BCUT2D eigenvalue weighted by Gasteiger charge is -2.16. The van der Waals surface area contributed by atoms with E-state index in [1.165, 1.54) is 0 Å². The Kier molecular flexibility index (Phi) is 7.37. The number of sulfonamides is 1. The topological polar surface area (TPSA) is 72.4 Å². The molecule has 1 atom stereocenters. The molecule has 0 saturated carbocycles. The van der Waals surface area contributed by atoms with Crippen LogP contribution in [0.3, 0.4) is 0 Å². The van der Waals surface area contributed by atoms with E-state index in [0.717, 1.165) is 25.1 Å². The first-order valence-corrected chi connectivity index (χ1v) is 8.80. The summed E-state index contributed by atoms with van der Waals surface area (Å²) in [5.41, 5.74) is 0.941. The fraction of sp³-hybridized carbons (Fsp3) is 0.714. The summed E-state index contributed by atoms with van der Waals surface area (Å²) in [6.07, 6.45) is 3.30. The predicted octanol–water partition coefficient (Wildman–Crippen LogP) is 1.23. The van der Waals surface area contributed by atoms with Gasteiger partial charge in [0.2, 0.25) is 10.0 Å². The number of hydrogen-bond acceptors (Lipinski definition) is 4. The van der Waals surface area contributed by atoms with E-state index in [-0.39, 0.29) is 6.04 Å². The Labute approximate surface area is 127 Å². The molecule has 0 spiro atoms. The number of methoxy groups -OCH3 is 1. The van der Waals surface area contributed by atoms with Crippen LogP contribution in [0.25, 0.3) is 0 Å². The summed E-state index contributed by atoms with van der Waals surface area (Å²) in [6.45, 7) is 5.91. The van der Waals surface area contributed by atoms with Crippen molar-refractivity contribution >= 4 is 10.0 Å². The summed E-state index contributed by atoms with van der Waals surface area (Å²) >= 11 is 0. The van der Waals surface area contributed by atoms with Gasteiger partial charge in [-0.3, -0.25) is 0 Å². The molecule has 7 heteroatoms. The van der Waals surface area contributed by atoms with Crippen LogP contribution in [0.1, 0.15) is 32.4 Å². The lowest BCUT2D eigenvalue weighted by Crippen LogP contribution is -2.37. The van der Waals surface area contributed by atoms with Crippen molar-refractivity contribution in [2.24, 2.45) is 7.05 Å². The summed E-state index contributed by atoms with van der Waals surface area (Å²) in [5, 5.41) is 3.20. The van der Waals surface area contributed by atoms with E-state index in [4.69, 9.17) is 4.74 Å². The van der Waals surface area contributed by atoms with Gasteiger partial charge in [-0.25, -0.2) is 13.1 Å². The third-order valence-electron chi connectivity index (χ3n) is 3.28. The highest BCUT2D eigenvalue weighted by Gasteiger charge is 2.21. The average Bonchev–Trinajstić information content (AvgIpc) is 2.79. The normalized spacial score (nSPS) is 13.5. The van der Waals surface area contributed by atoms with Gasteiger partial charge in [-0.15, -0.1) is 0 Å². The molecule has 0 aliphatic carbocycles. The molecule has 0 saturated heterocycles. The van der Waals surface area contributed by atoms with E-state index in [1.54, 1.807) is 19.4 Å². The van der Waals surface area contributed by atoms with Gasteiger partial charge in [0, 0.05) is 38.6 Å². The highest BCUT2D eigenvalue weighted by Crippen LogP contribution is 2.14. The summed E-state index contributed by atoms with van der Waals surface area (Å²) in [6, 6.07) is 1.52. The van der Waals surface area contributed by atoms with Crippen molar-refractivity contribution in [3.63, 3.8) is 0 Å². The SMILES string of the molecule is CCCC(COC)NS(=O)(=O)c1cc(CNCC)n(C)c1. The van der Waals surface area contributed by atoms with Crippen LogP contribution in [0.5, 0.6) is 0 Å². The minimum Gasteiger partial charge on any atom is -0.383 e. The third-order valence-corrected chi connectivity index (χ3v) is 4.76. The van der Waals surface area contributed by atoms with Crippen LogP contribution in [0.4, 0.5) is 0 Å². The molecule has 1 aromatic heterocycles. The van der Waals surface area contributed by atoms with Gasteiger partial charge in [0.25, 0.3) is 0 Å². The molecule has 0 amide bonds. The Morgan fingerprint density at radius 2 is 2.10 bits per heavy atom. The van der Waals surface area contributed by atoms with Gasteiger partial charge < -0.3 is 14.6 Å². The van der Waals surface area contributed by atoms with Crippen LogP contribution in [-0.2, 0) is 28.4 Å². The second-order valence-electron chi connectivity index (χ2n) is 5.12. The summed E-state index contributed by atoms with van der Waals surface area (Å²) in [4.78, 5) is 0.301. The Bertz CT molecular complexity index is 520. The van der Waals surface area contributed by atoms with E-state index in [0.29, 0.717) is 18.0 Å².